The molecule has 0 radical (unpaired) electrons. The zero-order chi connectivity index (χ0) is 27.7. The van der Waals surface area contributed by atoms with Crippen LogP contribution in [0.15, 0.2) is 83.7 Å². The fourth-order valence-electron chi connectivity index (χ4n) is 4.21. The maximum Gasteiger partial charge on any atom is 0.370 e. The molecule has 6 rings (SSSR count). The molecule has 1 aromatic carbocycles. The Morgan fingerprint density at radius 3 is 2.58 bits per heavy atom. The molecule has 200 valence electrons. The number of carbonyl (C=O) groups is 1. The molecule has 0 saturated carbocycles. The van der Waals surface area contributed by atoms with Gasteiger partial charge < -0.3 is 20.2 Å². The molecule has 4 N–H and O–H groups in total. The van der Waals surface area contributed by atoms with Gasteiger partial charge in [-0.05, 0) is 29.8 Å². The molecule has 0 aliphatic carbocycles. The third kappa shape index (κ3) is 4.80. The lowest BCUT2D eigenvalue weighted by atomic mass is 10.1. The number of aliphatic hydroxyl groups excluding tert-OH is 1. The zero-order valence-electron chi connectivity index (χ0n) is 20.5. The summed E-state index contributed by atoms with van der Waals surface area (Å²) in [4.78, 5) is 24.2. The zero-order valence-corrected chi connectivity index (χ0v) is 20.5. The largest absolute Gasteiger partial charge is 0.416 e. The number of amides is 1. The topological polar surface area (TPSA) is 151 Å². The van der Waals surface area contributed by atoms with E-state index >= 15 is 0 Å². The van der Waals surface area contributed by atoms with Gasteiger partial charge in [0.2, 0.25) is 5.89 Å². The number of halogens is 2. The van der Waals surface area contributed by atoms with Gasteiger partial charge in [0, 0.05) is 24.7 Å². The molecule has 13 heteroatoms. The predicted molar refractivity (Wildman–Crippen MR) is 140 cm³/mol. The van der Waals surface area contributed by atoms with E-state index in [9.17, 15) is 18.7 Å². The number of fused-ring (bicyclic) bond motifs is 1. The van der Waals surface area contributed by atoms with Gasteiger partial charge in [0.15, 0.2) is 0 Å². The Kier molecular flexibility index (Phi) is 6.32. The molecule has 5 heterocycles. The summed E-state index contributed by atoms with van der Waals surface area (Å²) in [7, 11) is 0. The van der Waals surface area contributed by atoms with Crippen LogP contribution < -0.4 is 16.0 Å². The van der Waals surface area contributed by atoms with E-state index < -0.39 is 23.7 Å². The van der Waals surface area contributed by atoms with Crippen LogP contribution in [0.4, 0.5) is 26.1 Å². The Labute approximate surface area is 225 Å². The first kappa shape index (κ1) is 25.0. The van der Waals surface area contributed by atoms with Gasteiger partial charge in [0.25, 0.3) is 11.8 Å². The summed E-state index contributed by atoms with van der Waals surface area (Å²) in [6, 6.07) is 13.0. The molecule has 1 atom stereocenters. The monoisotopic (exact) mass is 542 g/mol. The number of alkyl halides is 2. The highest BCUT2D eigenvalue weighted by atomic mass is 19.3. The second-order valence-electron chi connectivity index (χ2n) is 8.81. The van der Waals surface area contributed by atoms with E-state index in [1.54, 1.807) is 35.9 Å². The number of hydrogen-bond donors (Lipinski definition) is 4. The summed E-state index contributed by atoms with van der Waals surface area (Å²) in [6.07, 6.45) is 4.69. The molecule has 1 aliphatic rings. The number of aromatic nitrogens is 5. The molecule has 0 bridgehead atoms. The maximum atomic E-state index is 14.2. The minimum absolute atomic E-state index is 0.0551. The van der Waals surface area contributed by atoms with E-state index in [1.165, 1.54) is 18.3 Å². The van der Waals surface area contributed by atoms with Crippen molar-refractivity contribution in [3.05, 3.63) is 96.1 Å². The summed E-state index contributed by atoms with van der Waals surface area (Å²) in [5.41, 5.74) is 1.48. The lowest BCUT2D eigenvalue weighted by Gasteiger charge is -2.20. The lowest BCUT2D eigenvalue weighted by Crippen LogP contribution is -2.30. The highest BCUT2D eigenvalue weighted by molar-refractivity contribution is 5.99. The predicted octanol–water partition coefficient (Wildman–Crippen LogP) is 4.27. The SMILES string of the molecule is O=C1NC(F)(F)c2nc(Nc3cc(N[C@H](CO)c4ccccc4)c(-c4nnc(-c5cccnc5)o4)cn3)ccc21. The third-order valence-electron chi connectivity index (χ3n) is 6.15. The number of hydrogen-bond acceptors (Lipinski definition) is 10. The van der Waals surface area contributed by atoms with Crippen molar-refractivity contribution >= 4 is 23.2 Å². The van der Waals surface area contributed by atoms with Crippen LogP contribution in [-0.2, 0) is 6.05 Å². The highest BCUT2D eigenvalue weighted by Crippen LogP contribution is 2.35. The van der Waals surface area contributed by atoms with Crippen LogP contribution >= 0.6 is 0 Å². The van der Waals surface area contributed by atoms with Crippen LogP contribution in [-0.4, -0.2) is 42.8 Å². The van der Waals surface area contributed by atoms with Crippen molar-refractivity contribution in [1.82, 2.24) is 30.5 Å². The first-order valence-corrected chi connectivity index (χ1v) is 12.1. The van der Waals surface area contributed by atoms with Gasteiger partial charge in [-0.2, -0.15) is 8.78 Å². The third-order valence-corrected chi connectivity index (χ3v) is 6.15. The van der Waals surface area contributed by atoms with Crippen molar-refractivity contribution in [2.45, 2.75) is 12.1 Å². The minimum Gasteiger partial charge on any atom is -0.416 e. The van der Waals surface area contributed by atoms with E-state index in [2.05, 4.69) is 35.8 Å². The lowest BCUT2D eigenvalue weighted by molar-refractivity contribution is -0.0278. The summed E-state index contributed by atoms with van der Waals surface area (Å²) in [6.45, 7) is -0.234. The van der Waals surface area contributed by atoms with Gasteiger partial charge in [0.1, 0.15) is 17.3 Å². The number of aliphatic hydroxyl groups is 1. The number of carbonyl (C=O) groups excluding carboxylic acids is 1. The highest BCUT2D eigenvalue weighted by Gasteiger charge is 2.45. The standard InChI is InChI=1S/C27H20F2N8O3/c28-27(29)23-17(24(39)35-27)8-9-21(34-23)33-22-11-19(32-20(14-38)15-5-2-1-3-6-15)18(13-31-22)26-37-36-25(40-26)16-7-4-10-30-12-16/h1-13,20,38H,14H2,(H,35,39)(H2,31,32,33,34)/t20-/m1/s1. The molecule has 0 fully saturated rings. The molecule has 0 unspecified atom stereocenters. The van der Waals surface area contributed by atoms with Crippen molar-refractivity contribution in [2.75, 3.05) is 17.2 Å². The van der Waals surface area contributed by atoms with E-state index in [0.29, 0.717) is 16.8 Å². The molecular formula is C27H20F2N8O3. The summed E-state index contributed by atoms with van der Waals surface area (Å²) < 4.78 is 34.3. The fourth-order valence-corrected chi connectivity index (χ4v) is 4.21. The Morgan fingerprint density at radius 1 is 0.975 bits per heavy atom. The van der Waals surface area contributed by atoms with Crippen molar-refractivity contribution in [3.8, 4) is 22.9 Å². The molecule has 0 spiro atoms. The number of pyridine rings is 3. The van der Waals surface area contributed by atoms with Crippen LogP contribution in [0, 0.1) is 0 Å². The van der Waals surface area contributed by atoms with Crippen LogP contribution in [0.5, 0.6) is 0 Å². The van der Waals surface area contributed by atoms with Crippen LogP contribution in [0.1, 0.15) is 27.7 Å². The maximum absolute atomic E-state index is 14.2. The number of anilines is 3. The van der Waals surface area contributed by atoms with Crippen molar-refractivity contribution < 1.29 is 23.1 Å². The Hall–Kier alpha value is -5.30. The quantitative estimate of drug-likeness (QED) is 0.209. The number of rotatable bonds is 8. The fraction of sp³-hybridized carbons (Fsp3) is 0.111. The molecule has 40 heavy (non-hydrogen) atoms. The molecule has 11 nitrogen and oxygen atoms in total. The van der Waals surface area contributed by atoms with E-state index in [0.717, 1.165) is 5.56 Å². The Bertz CT molecular complexity index is 1680. The number of nitrogens with zero attached hydrogens (tertiary/aromatic N) is 5. The average molecular weight is 543 g/mol. The van der Waals surface area contributed by atoms with Gasteiger partial charge in [-0.15, -0.1) is 10.2 Å². The molecular weight excluding hydrogens is 522 g/mol. The van der Waals surface area contributed by atoms with Gasteiger partial charge >= 0.3 is 6.05 Å². The van der Waals surface area contributed by atoms with Gasteiger partial charge in [-0.1, -0.05) is 30.3 Å². The molecule has 1 amide bonds. The van der Waals surface area contributed by atoms with E-state index in [4.69, 9.17) is 4.42 Å². The summed E-state index contributed by atoms with van der Waals surface area (Å²) >= 11 is 0. The van der Waals surface area contributed by atoms with Crippen LogP contribution in [0.2, 0.25) is 0 Å². The number of nitrogens with one attached hydrogen (secondary N) is 3. The van der Waals surface area contributed by atoms with E-state index in [1.807, 2.05) is 30.3 Å². The van der Waals surface area contributed by atoms with Crippen LogP contribution in [0.25, 0.3) is 22.9 Å². The Balaban J connectivity index is 1.36. The summed E-state index contributed by atoms with van der Waals surface area (Å²) in [5, 5.41) is 26.2. The molecule has 1 aliphatic heterocycles. The summed E-state index contributed by atoms with van der Waals surface area (Å²) in [5.74, 6) is -0.181. The molecule has 5 aromatic rings. The normalized spacial score (nSPS) is 14.3. The smallest absolute Gasteiger partial charge is 0.370 e. The average Bonchev–Trinajstić information content (AvgIpc) is 3.55. The van der Waals surface area contributed by atoms with E-state index in [-0.39, 0.29) is 35.6 Å². The van der Waals surface area contributed by atoms with Gasteiger partial charge in [0.05, 0.1) is 35.0 Å². The van der Waals surface area contributed by atoms with Crippen LogP contribution in [0.3, 0.4) is 0 Å². The molecule has 0 saturated heterocycles. The Morgan fingerprint density at radius 2 is 1.80 bits per heavy atom. The van der Waals surface area contributed by atoms with Gasteiger partial charge in [-0.25, -0.2) is 9.97 Å². The van der Waals surface area contributed by atoms with Crippen molar-refractivity contribution in [2.24, 2.45) is 0 Å². The molecule has 4 aromatic heterocycles. The first-order chi connectivity index (χ1) is 19.4. The first-order valence-electron chi connectivity index (χ1n) is 12.1. The number of benzene rings is 1. The van der Waals surface area contributed by atoms with Crippen molar-refractivity contribution in [3.63, 3.8) is 0 Å². The van der Waals surface area contributed by atoms with Crippen molar-refractivity contribution in [1.29, 1.82) is 0 Å². The second kappa shape index (κ2) is 10.1. The van der Waals surface area contributed by atoms with Gasteiger partial charge in [-0.3, -0.25) is 15.1 Å². The second-order valence-corrected chi connectivity index (χ2v) is 8.81. The minimum atomic E-state index is -3.58.